The first kappa shape index (κ1) is 20.8. The molecule has 0 bridgehead atoms. The molecule has 1 heterocycles. The standard InChI is InChI=1S/C22H22N4O4/c1-16(29-20(27)12-15-25-22-23-13-5-14-24-22)21(28)26-17-8-10-19(11-9-17)30-18-6-3-2-4-7-18/h2-11,13-14,16H,12,15H2,1H3,(H,26,28)(H,23,24,25). The van der Waals surface area contributed by atoms with Crippen molar-refractivity contribution in [3.63, 3.8) is 0 Å². The van der Waals surface area contributed by atoms with Gasteiger partial charge in [0.05, 0.1) is 6.42 Å². The maximum absolute atomic E-state index is 12.3. The minimum atomic E-state index is -0.925. The van der Waals surface area contributed by atoms with E-state index < -0.39 is 18.0 Å². The van der Waals surface area contributed by atoms with Crippen molar-refractivity contribution >= 4 is 23.5 Å². The highest BCUT2D eigenvalue weighted by Gasteiger charge is 2.17. The summed E-state index contributed by atoms with van der Waals surface area (Å²) in [6.45, 7) is 1.83. The van der Waals surface area contributed by atoms with Crippen molar-refractivity contribution in [2.45, 2.75) is 19.4 Å². The molecule has 0 aliphatic heterocycles. The van der Waals surface area contributed by atoms with E-state index in [1.165, 1.54) is 6.92 Å². The van der Waals surface area contributed by atoms with Crippen LogP contribution in [-0.4, -0.2) is 34.5 Å². The number of benzene rings is 2. The molecule has 1 unspecified atom stereocenters. The van der Waals surface area contributed by atoms with E-state index in [0.717, 1.165) is 5.75 Å². The second kappa shape index (κ2) is 10.6. The second-order valence-electron chi connectivity index (χ2n) is 6.31. The highest BCUT2D eigenvalue weighted by Crippen LogP contribution is 2.22. The van der Waals surface area contributed by atoms with Crippen LogP contribution in [0.2, 0.25) is 0 Å². The fourth-order valence-electron chi connectivity index (χ4n) is 2.45. The maximum atomic E-state index is 12.3. The Morgan fingerprint density at radius 3 is 2.30 bits per heavy atom. The van der Waals surface area contributed by atoms with Crippen LogP contribution in [0.5, 0.6) is 11.5 Å². The number of nitrogens with zero attached hydrogens (tertiary/aromatic N) is 2. The van der Waals surface area contributed by atoms with Crippen LogP contribution in [0.25, 0.3) is 0 Å². The zero-order valence-electron chi connectivity index (χ0n) is 16.4. The number of para-hydroxylation sites is 1. The Bertz CT molecular complexity index is 950. The molecular weight excluding hydrogens is 384 g/mol. The van der Waals surface area contributed by atoms with E-state index in [2.05, 4.69) is 20.6 Å². The molecule has 0 saturated carbocycles. The molecule has 1 aromatic heterocycles. The van der Waals surface area contributed by atoms with Crippen LogP contribution in [-0.2, 0) is 14.3 Å². The van der Waals surface area contributed by atoms with Gasteiger partial charge in [0.15, 0.2) is 6.10 Å². The van der Waals surface area contributed by atoms with E-state index in [0.29, 0.717) is 23.9 Å². The summed E-state index contributed by atoms with van der Waals surface area (Å²) in [5, 5.41) is 5.62. The number of amides is 1. The van der Waals surface area contributed by atoms with Crippen LogP contribution in [0.3, 0.4) is 0 Å². The van der Waals surface area contributed by atoms with E-state index in [1.54, 1.807) is 42.7 Å². The number of rotatable bonds is 9. The van der Waals surface area contributed by atoms with Crippen molar-refractivity contribution in [2.75, 3.05) is 17.2 Å². The zero-order chi connectivity index (χ0) is 21.2. The van der Waals surface area contributed by atoms with Gasteiger partial charge in [0.1, 0.15) is 11.5 Å². The number of aromatic nitrogens is 2. The lowest BCUT2D eigenvalue weighted by molar-refractivity contribution is -0.152. The third-order valence-corrected chi connectivity index (χ3v) is 3.96. The van der Waals surface area contributed by atoms with Gasteiger partial charge in [-0.25, -0.2) is 9.97 Å². The molecule has 30 heavy (non-hydrogen) atoms. The molecule has 3 rings (SSSR count). The Kier molecular flexibility index (Phi) is 7.32. The van der Waals surface area contributed by atoms with Crippen molar-refractivity contribution in [3.05, 3.63) is 73.1 Å². The third-order valence-electron chi connectivity index (χ3n) is 3.96. The van der Waals surface area contributed by atoms with Gasteiger partial charge < -0.3 is 20.1 Å². The molecule has 2 N–H and O–H groups in total. The molecule has 154 valence electrons. The predicted molar refractivity (Wildman–Crippen MR) is 112 cm³/mol. The van der Waals surface area contributed by atoms with Crippen molar-refractivity contribution < 1.29 is 19.1 Å². The summed E-state index contributed by atoms with van der Waals surface area (Å²) >= 11 is 0. The highest BCUT2D eigenvalue weighted by molar-refractivity contribution is 5.95. The van der Waals surface area contributed by atoms with Gasteiger partial charge in [-0.15, -0.1) is 0 Å². The van der Waals surface area contributed by atoms with Crippen molar-refractivity contribution in [3.8, 4) is 11.5 Å². The van der Waals surface area contributed by atoms with Crippen LogP contribution in [0, 0.1) is 0 Å². The van der Waals surface area contributed by atoms with Crippen LogP contribution in [0.4, 0.5) is 11.6 Å². The molecule has 0 radical (unpaired) electrons. The second-order valence-corrected chi connectivity index (χ2v) is 6.31. The minimum Gasteiger partial charge on any atom is -0.457 e. The van der Waals surface area contributed by atoms with Crippen LogP contribution in [0.15, 0.2) is 73.1 Å². The first-order valence-electron chi connectivity index (χ1n) is 9.44. The van der Waals surface area contributed by atoms with Gasteiger partial charge in [0.2, 0.25) is 5.95 Å². The fraction of sp³-hybridized carbons (Fsp3) is 0.182. The maximum Gasteiger partial charge on any atom is 0.308 e. The number of hydrogen-bond donors (Lipinski definition) is 2. The summed E-state index contributed by atoms with van der Waals surface area (Å²) in [7, 11) is 0. The number of anilines is 2. The van der Waals surface area contributed by atoms with E-state index >= 15 is 0 Å². The molecule has 3 aromatic rings. The first-order chi connectivity index (χ1) is 14.6. The molecule has 0 saturated heterocycles. The van der Waals surface area contributed by atoms with Gasteiger partial charge in [0.25, 0.3) is 5.91 Å². The van der Waals surface area contributed by atoms with E-state index in [1.807, 2.05) is 30.3 Å². The molecule has 0 aliphatic rings. The molecule has 1 amide bonds. The number of hydrogen-bond acceptors (Lipinski definition) is 7. The Labute approximate surface area is 174 Å². The van der Waals surface area contributed by atoms with Crippen molar-refractivity contribution in [2.24, 2.45) is 0 Å². The van der Waals surface area contributed by atoms with Gasteiger partial charge in [-0.05, 0) is 49.4 Å². The summed E-state index contributed by atoms with van der Waals surface area (Å²) in [6.07, 6.45) is 2.35. The Morgan fingerprint density at radius 2 is 1.60 bits per heavy atom. The summed E-state index contributed by atoms with van der Waals surface area (Å²) in [6, 6.07) is 18.0. The first-order valence-corrected chi connectivity index (χ1v) is 9.44. The molecule has 8 heteroatoms. The predicted octanol–water partition coefficient (Wildman–Crippen LogP) is 3.64. The van der Waals surface area contributed by atoms with Crippen LogP contribution < -0.4 is 15.4 Å². The van der Waals surface area contributed by atoms with Gasteiger partial charge in [-0.3, -0.25) is 9.59 Å². The number of esters is 1. The fourth-order valence-corrected chi connectivity index (χ4v) is 2.45. The summed E-state index contributed by atoms with van der Waals surface area (Å²) < 4.78 is 10.9. The molecule has 0 fully saturated rings. The SMILES string of the molecule is CC(OC(=O)CCNc1ncccn1)C(=O)Nc1ccc(Oc2ccccc2)cc1. The monoisotopic (exact) mass is 406 g/mol. The van der Waals surface area contributed by atoms with Gasteiger partial charge in [0, 0.05) is 24.6 Å². The largest absolute Gasteiger partial charge is 0.457 e. The van der Waals surface area contributed by atoms with Crippen LogP contribution >= 0.6 is 0 Å². The van der Waals surface area contributed by atoms with Crippen molar-refractivity contribution in [1.29, 1.82) is 0 Å². The summed E-state index contributed by atoms with van der Waals surface area (Å²) in [5.74, 6) is 0.889. The molecule has 8 nitrogen and oxygen atoms in total. The number of ether oxygens (including phenoxy) is 2. The Morgan fingerprint density at radius 1 is 0.933 bits per heavy atom. The smallest absolute Gasteiger partial charge is 0.308 e. The average molecular weight is 406 g/mol. The minimum absolute atomic E-state index is 0.0847. The van der Waals surface area contributed by atoms with E-state index in [9.17, 15) is 9.59 Å². The number of carbonyl (C=O) groups is 2. The summed E-state index contributed by atoms with van der Waals surface area (Å²) in [5.41, 5.74) is 0.575. The zero-order valence-corrected chi connectivity index (χ0v) is 16.4. The normalized spacial score (nSPS) is 11.2. The highest BCUT2D eigenvalue weighted by atomic mass is 16.5. The molecule has 0 spiro atoms. The quantitative estimate of drug-likeness (QED) is 0.523. The Balaban J connectivity index is 1.41. The molecule has 0 aliphatic carbocycles. The third kappa shape index (κ3) is 6.59. The van der Waals surface area contributed by atoms with Crippen LogP contribution in [0.1, 0.15) is 13.3 Å². The lowest BCUT2D eigenvalue weighted by Crippen LogP contribution is -2.30. The van der Waals surface area contributed by atoms with E-state index in [-0.39, 0.29) is 6.42 Å². The molecular formula is C22H22N4O4. The van der Waals surface area contributed by atoms with Gasteiger partial charge in [-0.1, -0.05) is 18.2 Å². The van der Waals surface area contributed by atoms with Gasteiger partial charge in [-0.2, -0.15) is 0 Å². The average Bonchev–Trinajstić information content (AvgIpc) is 2.76. The summed E-state index contributed by atoms with van der Waals surface area (Å²) in [4.78, 5) is 32.2. The number of carbonyl (C=O) groups excluding carboxylic acids is 2. The Hall–Kier alpha value is -3.94. The molecule has 1 atom stereocenters. The topological polar surface area (TPSA) is 102 Å². The lowest BCUT2D eigenvalue weighted by Gasteiger charge is -2.14. The van der Waals surface area contributed by atoms with Gasteiger partial charge >= 0.3 is 5.97 Å². The molecule has 2 aromatic carbocycles. The lowest BCUT2D eigenvalue weighted by atomic mass is 10.2. The van der Waals surface area contributed by atoms with E-state index in [4.69, 9.17) is 9.47 Å². The van der Waals surface area contributed by atoms with Crippen molar-refractivity contribution in [1.82, 2.24) is 9.97 Å². The number of nitrogens with one attached hydrogen (secondary N) is 2.